The van der Waals surface area contributed by atoms with Crippen molar-refractivity contribution in [2.45, 2.75) is 39.0 Å². The predicted molar refractivity (Wildman–Crippen MR) is 121 cm³/mol. The Kier molecular flexibility index (Phi) is 10.3. The summed E-state index contributed by atoms with van der Waals surface area (Å²) in [5.41, 5.74) is 9.86. The molecule has 2 amide bonds. The number of alkyl carbamates (subject to hydrolysis) is 1. The SMILES string of the molecule is CCc1cc(F)cc(C(=O)NC[C@H](NC(=O)OCc2ccccc2)C(=O)O[C@H](C)CN=[N+]=[N-])c1. The fourth-order valence-electron chi connectivity index (χ4n) is 2.85. The monoisotopic (exact) mass is 471 g/mol. The van der Waals surface area contributed by atoms with Gasteiger partial charge in [-0.05, 0) is 48.2 Å². The fraction of sp³-hybridized carbons (Fsp3) is 0.348. The van der Waals surface area contributed by atoms with Gasteiger partial charge in [-0.25, -0.2) is 14.0 Å². The summed E-state index contributed by atoms with van der Waals surface area (Å²) in [7, 11) is 0. The average Bonchev–Trinajstić information content (AvgIpc) is 2.83. The Labute approximate surface area is 196 Å². The Bertz CT molecular complexity index is 1040. The van der Waals surface area contributed by atoms with E-state index in [2.05, 4.69) is 20.7 Å². The summed E-state index contributed by atoms with van der Waals surface area (Å²) in [6.45, 7) is 2.85. The van der Waals surface area contributed by atoms with Gasteiger partial charge in [0.15, 0.2) is 0 Å². The van der Waals surface area contributed by atoms with Crippen molar-refractivity contribution in [2.24, 2.45) is 5.11 Å². The van der Waals surface area contributed by atoms with Crippen molar-refractivity contribution in [2.75, 3.05) is 13.1 Å². The molecular weight excluding hydrogens is 445 g/mol. The van der Waals surface area contributed by atoms with Gasteiger partial charge in [-0.3, -0.25) is 4.79 Å². The normalized spacial score (nSPS) is 12.0. The molecular formula is C23H26FN5O5. The highest BCUT2D eigenvalue weighted by atomic mass is 19.1. The molecule has 0 heterocycles. The van der Waals surface area contributed by atoms with E-state index in [1.807, 2.05) is 13.0 Å². The van der Waals surface area contributed by atoms with Crippen LogP contribution in [0, 0.1) is 5.82 Å². The van der Waals surface area contributed by atoms with E-state index < -0.39 is 35.9 Å². The first-order chi connectivity index (χ1) is 16.3. The molecule has 2 atom stereocenters. The summed E-state index contributed by atoms with van der Waals surface area (Å²) in [4.78, 5) is 40.0. The molecule has 2 aromatic carbocycles. The molecule has 11 heteroatoms. The molecule has 0 bridgehead atoms. The third-order valence-corrected chi connectivity index (χ3v) is 4.60. The van der Waals surface area contributed by atoms with Crippen LogP contribution in [0.15, 0.2) is 53.6 Å². The van der Waals surface area contributed by atoms with E-state index in [1.54, 1.807) is 24.3 Å². The first-order valence-electron chi connectivity index (χ1n) is 10.6. The molecule has 180 valence electrons. The maximum atomic E-state index is 13.8. The van der Waals surface area contributed by atoms with Crippen molar-refractivity contribution in [3.8, 4) is 0 Å². The van der Waals surface area contributed by atoms with Crippen LogP contribution in [0.4, 0.5) is 9.18 Å². The number of nitrogens with zero attached hydrogens (tertiary/aromatic N) is 3. The third-order valence-electron chi connectivity index (χ3n) is 4.60. The van der Waals surface area contributed by atoms with Gasteiger partial charge >= 0.3 is 12.1 Å². The van der Waals surface area contributed by atoms with Crippen molar-refractivity contribution in [1.82, 2.24) is 10.6 Å². The summed E-state index contributed by atoms with van der Waals surface area (Å²) in [6.07, 6.45) is -1.13. The lowest BCUT2D eigenvalue weighted by Crippen LogP contribution is -2.50. The Hall–Kier alpha value is -4.11. The molecule has 10 nitrogen and oxygen atoms in total. The Balaban J connectivity index is 2.05. The lowest BCUT2D eigenvalue weighted by atomic mass is 10.1. The third kappa shape index (κ3) is 8.79. The summed E-state index contributed by atoms with van der Waals surface area (Å²) >= 11 is 0. The molecule has 2 aromatic rings. The average molecular weight is 471 g/mol. The van der Waals surface area contributed by atoms with Gasteiger partial charge in [0.05, 0.1) is 6.54 Å². The molecule has 0 spiro atoms. The smallest absolute Gasteiger partial charge is 0.408 e. The first-order valence-corrected chi connectivity index (χ1v) is 10.6. The summed E-state index contributed by atoms with van der Waals surface area (Å²) in [5, 5.41) is 8.19. The summed E-state index contributed by atoms with van der Waals surface area (Å²) in [6, 6.07) is 11.5. The molecule has 0 saturated heterocycles. The molecule has 34 heavy (non-hydrogen) atoms. The van der Waals surface area contributed by atoms with Crippen LogP contribution in [0.1, 0.15) is 35.3 Å². The van der Waals surface area contributed by atoms with Crippen LogP contribution in [-0.4, -0.2) is 43.2 Å². The van der Waals surface area contributed by atoms with Crippen molar-refractivity contribution >= 4 is 18.0 Å². The highest BCUT2D eigenvalue weighted by Crippen LogP contribution is 2.10. The minimum atomic E-state index is -1.31. The van der Waals surface area contributed by atoms with Crippen LogP contribution in [0.25, 0.3) is 10.4 Å². The number of rotatable bonds is 11. The van der Waals surface area contributed by atoms with Crippen LogP contribution in [0.2, 0.25) is 0 Å². The summed E-state index contributed by atoms with van der Waals surface area (Å²) < 4.78 is 24.1. The highest BCUT2D eigenvalue weighted by molar-refractivity contribution is 5.95. The van der Waals surface area contributed by atoms with Crippen molar-refractivity contribution in [3.63, 3.8) is 0 Å². The number of halogens is 1. The van der Waals surface area contributed by atoms with E-state index >= 15 is 0 Å². The second kappa shape index (κ2) is 13.4. The lowest BCUT2D eigenvalue weighted by molar-refractivity contribution is -0.150. The van der Waals surface area contributed by atoms with Gasteiger partial charge in [0.2, 0.25) is 0 Å². The Morgan fingerprint density at radius 2 is 1.88 bits per heavy atom. The molecule has 0 aliphatic carbocycles. The number of aryl methyl sites for hydroxylation is 1. The Morgan fingerprint density at radius 3 is 2.56 bits per heavy atom. The zero-order valence-electron chi connectivity index (χ0n) is 18.9. The van der Waals surface area contributed by atoms with Crippen molar-refractivity contribution < 1.29 is 28.2 Å². The largest absolute Gasteiger partial charge is 0.461 e. The maximum Gasteiger partial charge on any atom is 0.408 e. The van der Waals surface area contributed by atoms with Gasteiger partial charge in [0.1, 0.15) is 24.6 Å². The zero-order valence-corrected chi connectivity index (χ0v) is 18.9. The molecule has 0 aromatic heterocycles. The molecule has 0 aliphatic heterocycles. The van der Waals surface area contributed by atoms with Gasteiger partial charge in [-0.2, -0.15) is 0 Å². The number of benzene rings is 2. The maximum absolute atomic E-state index is 13.8. The van der Waals surface area contributed by atoms with E-state index in [-0.39, 0.29) is 25.3 Å². The number of carbonyl (C=O) groups excluding carboxylic acids is 3. The number of ether oxygens (including phenoxy) is 2. The highest BCUT2D eigenvalue weighted by Gasteiger charge is 2.26. The topological polar surface area (TPSA) is 142 Å². The number of amides is 2. The van der Waals surface area contributed by atoms with E-state index in [4.69, 9.17) is 15.0 Å². The number of hydrogen-bond acceptors (Lipinski definition) is 6. The molecule has 0 fully saturated rings. The summed E-state index contributed by atoms with van der Waals surface area (Å²) in [5.74, 6) is -2.06. The van der Waals surface area contributed by atoms with Crippen molar-refractivity contribution in [3.05, 3.63) is 81.5 Å². The van der Waals surface area contributed by atoms with E-state index in [0.717, 1.165) is 11.6 Å². The van der Waals surface area contributed by atoms with Crippen LogP contribution in [-0.2, 0) is 27.3 Å². The second-order valence-corrected chi connectivity index (χ2v) is 7.33. The van der Waals surface area contributed by atoms with Gasteiger partial charge in [0, 0.05) is 17.0 Å². The Morgan fingerprint density at radius 1 is 1.15 bits per heavy atom. The predicted octanol–water partition coefficient (Wildman–Crippen LogP) is 3.65. The van der Waals surface area contributed by atoms with Crippen LogP contribution < -0.4 is 10.6 Å². The van der Waals surface area contributed by atoms with Gasteiger partial charge < -0.3 is 20.1 Å². The fourth-order valence-corrected chi connectivity index (χ4v) is 2.85. The minimum Gasteiger partial charge on any atom is -0.461 e. The molecule has 0 radical (unpaired) electrons. The van der Waals surface area contributed by atoms with Crippen LogP contribution in [0.5, 0.6) is 0 Å². The number of esters is 1. The van der Waals surface area contributed by atoms with Gasteiger partial charge in [0.25, 0.3) is 5.91 Å². The van der Waals surface area contributed by atoms with Gasteiger partial charge in [-0.15, -0.1) is 0 Å². The van der Waals surface area contributed by atoms with E-state index in [0.29, 0.717) is 12.0 Å². The number of hydrogen-bond donors (Lipinski definition) is 2. The van der Waals surface area contributed by atoms with Crippen LogP contribution in [0.3, 0.4) is 0 Å². The number of nitrogens with one attached hydrogen (secondary N) is 2. The first kappa shape index (κ1) is 26.1. The zero-order chi connectivity index (χ0) is 24.9. The quantitative estimate of drug-likeness (QED) is 0.223. The minimum absolute atomic E-state index is 0.0306. The second-order valence-electron chi connectivity index (χ2n) is 7.33. The standard InChI is InChI=1S/C23H26FN5O5/c1-3-16-9-18(11-19(24)10-16)21(30)26-13-20(22(31)34-15(2)12-27-29-25)28-23(32)33-14-17-7-5-4-6-8-17/h4-11,15,20H,3,12-14H2,1-2H3,(H,26,30)(H,28,32)/t15-,20+/m1/s1. The molecule has 0 saturated carbocycles. The van der Waals surface area contributed by atoms with E-state index in [9.17, 15) is 18.8 Å². The molecule has 0 unspecified atom stereocenters. The van der Waals surface area contributed by atoms with Crippen molar-refractivity contribution in [1.29, 1.82) is 0 Å². The lowest BCUT2D eigenvalue weighted by Gasteiger charge is -2.20. The molecule has 2 N–H and O–H groups in total. The molecule has 2 rings (SSSR count). The van der Waals surface area contributed by atoms with Gasteiger partial charge in [-0.1, -0.05) is 42.4 Å². The number of carbonyl (C=O) groups is 3. The number of azide groups is 1. The molecule has 0 aliphatic rings. The van der Waals surface area contributed by atoms with E-state index in [1.165, 1.54) is 19.1 Å². The van der Waals surface area contributed by atoms with Crippen LogP contribution >= 0.6 is 0 Å².